The van der Waals surface area contributed by atoms with E-state index in [-0.39, 0.29) is 22.9 Å². The summed E-state index contributed by atoms with van der Waals surface area (Å²) in [6.45, 7) is 5.65. The zero-order valence-corrected chi connectivity index (χ0v) is 19.6. The molecule has 7 nitrogen and oxygen atoms in total. The Morgan fingerprint density at radius 2 is 1.58 bits per heavy atom. The molecular weight excluding hydrogens is 438 g/mol. The number of benzene rings is 3. The summed E-state index contributed by atoms with van der Waals surface area (Å²) in [6.07, 6.45) is 0.774. The van der Waals surface area contributed by atoms with E-state index in [0.717, 1.165) is 23.1 Å². The van der Waals surface area contributed by atoms with Crippen LogP contribution in [0, 0.1) is 13.8 Å². The Morgan fingerprint density at radius 3 is 2.24 bits per heavy atom. The molecule has 0 radical (unpaired) electrons. The van der Waals surface area contributed by atoms with Gasteiger partial charge in [-0.25, -0.2) is 8.42 Å². The third-order valence-electron chi connectivity index (χ3n) is 5.27. The summed E-state index contributed by atoms with van der Waals surface area (Å²) < 4.78 is 27.9. The molecule has 0 atom stereocenters. The smallest absolute Gasteiger partial charge is 0.261 e. The third-order valence-corrected chi connectivity index (χ3v) is 6.66. The van der Waals surface area contributed by atoms with E-state index in [1.165, 1.54) is 24.3 Å². The van der Waals surface area contributed by atoms with Crippen LogP contribution in [0.25, 0.3) is 0 Å². The predicted molar refractivity (Wildman–Crippen MR) is 130 cm³/mol. The maximum absolute atomic E-state index is 12.7. The molecule has 0 unspecified atom stereocenters. The van der Waals surface area contributed by atoms with Crippen molar-refractivity contribution in [2.24, 2.45) is 0 Å². The van der Waals surface area contributed by atoms with Crippen LogP contribution in [0.4, 0.5) is 11.4 Å². The van der Waals surface area contributed by atoms with E-state index >= 15 is 0 Å². The SMILES string of the molecule is CCc1ccccc1NC(=O)CNC(=O)c1ccc(S(=O)(=O)Nc2ccc(C)c(C)c2)cc1. The summed E-state index contributed by atoms with van der Waals surface area (Å²) >= 11 is 0. The van der Waals surface area contributed by atoms with Gasteiger partial charge in [0.1, 0.15) is 0 Å². The number of carbonyl (C=O) groups excluding carboxylic acids is 2. The number of aryl methyl sites for hydroxylation is 3. The minimum Gasteiger partial charge on any atom is -0.343 e. The summed E-state index contributed by atoms with van der Waals surface area (Å²) in [5.74, 6) is -0.818. The Bertz CT molecular complexity index is 1270. The molecule has 2 amide bonds. The Hall–Kier alpha value is -3.65. The number of anilines is 2. The maximum atomic E-state index is 12.7. The highest BCUT2D eigenvalue weighted by molar-refractivity contribution is 7.92. The minimum absolute atomic E-state index is 0.0335. The molecule has 0 aliphatic heterocycles. The van der Waals surface area contributed by atoms with Gasteiger partial charge in [-0.1, -0.05) is 31.2 Å². The first-order chi connectivity index (χ1) is 15.7. The Balaban J connectivity index is 1.60. The monoisotopic (exact) mass is 465 g/mol. The fourth-order valence-corrected chi connectivity index (χ4v) is 4.26. The molecule has 3 rings (SSSR count). The van der Waals surface area contributed by atoms with Crippen LogP contribution in [-0.4, -0.2) is 26.8 Å². The fourth-order valence-electron chi connectivity index (χ4n) is 3.21. The number of nitrogens with one attached hydrogen (secondary N) is 3. The first-order valence-electron chi connectivity index (χ1n) is 10.6. The second kappa shape index (κ2) is 10.3. The highest BCUT2D eigenvalue weighted by Crippen LogP contribution is 2.19. The van der Waals surface area contributed by atoms with Crippen molar-refractivity contribution in [3.8, 4) is 0 Å². The number of amides is 2. The zero-order valence-electron chi connectivity index (χ0n) is 18.8. The average Bonchev–Trinajstić information content (AvgIpc) is 2.80. The van der Waals surface area contributed by atoms with Gasteiger partial charge in [0.15, 0.2) is 0 Å². The Kier molecular flexibility index (Phi) is 7.50. The van der Waals surface area contributed by atoms with Crippen LogP contribution in [0.3, 0.4) is 0 Å². The lowest BCUT2D eigenvalue weighted by Crippen LogP contribution is -2.33. The molecule has 3 aromatic carbocycles. The van der Waals surface area contributed by atoms with Crippen LogP contribution in [0.1, 0.15) is 34.0 Å². The summed E-state index contributed by atoms with van der Waals surface area (Å²) in [4.78, 5) is 24.6. The average molecular weight is 466 g/mol. The van der Waals surface area contributed by atoms with Crippen LogP contribution in [0.15, 0.2) is 71.6 Å². The normalized spacial score (nSPS) is 11.0. The van der Waals surface area contributed by atoms with Gasteiger partial charge in [-0.3, -0.25) is 14.3 Å². The fraction of sp³-hybridized carbons (Fsp3) is 0.200. The molecule has 8 heteroatoms. The summed E-state index contributed by atoms with van der Waals surface area (Å²) in [5.41, 5.74) is 4.48. The standard InChI is InChI=1S/C25H27N3O4S/c1-4-19-7-5-6-8-23(19)27-24(29)16-26-25(30)20-10-13-22(14-11-20)33(31,32)28-21-12-9-17(2)18(3)15-21/h5-15,28H,4,16H2,1-3H3,(H,26,30)(H,27,29). The number of hydrogen-bond donors (Lipinski definition) is 3. The van der Waals surface area contributed by atoms with Crippen LogP contribution < -0.4 is 15.4 Å². The van der Waals surface area contributed by atoms with Gasteiger partial charge in [0, 0.05) is 16.9 Å². The molecule has 0 heterocycles. The molecule has 0 saturated carbocycles. The van der Waals surface area contributed by atoms with Gasteiger partial charge in [0.25, 0.3) is 15.9 Å². The van der Waals surface area contributed by atoms with E-state index in [9.17, 15) is 18.0 Å². The number of rotatable bonds is 8. The van der Waals surface area contributed by atoms with Crippen LogP contribution in [0.5, 0.6) is 0 Å². The van der Waals surface area contributed by atoms with Crippen molar-refractivity contribution in [2.45, 2.75) is 32.1 Å². The largest absolute Gasteiger partial charge is 0.343 e. The molecule has 3 aromatic rings. The molecule has 0 bridgehead atoms. The lowest BCUT2D eigenvalue weighted by Gasteiger charge is -2.11. The zero-order chi connectivity index (χ0) is 24.0. The second-order valence-corrected chi connectivity index (χ2v) is 9.35. The van der Waals surface area contributed by atoms with Gasteiger partial charge >= 0.3 is 0 Å². The molecule has 0 fully saturated rings. The van der Waals surface area contributed by atoms with Crippen LogP contribution in [-0.2, 0) is 21.2 Å². The number of carbonyl (C=O) groups is 2. The lowest BCUT2D eigenvalue weighted by atomic mass is 10.1. The minimum atomic E-state index is -3.80. The first-order valence-corrected chi connectivity index (χ1v) is 12.0. The van der Waals surface area contributed by atoms with E-state index in [0.29, 0.717) is 11.4 Å². The topological polar surface area (TPSA) is 104 Å². The van der Waals surface area contributed by atoms with Gasteiger partial charge in [0.05, 0.1) is 11.4 Å². The van der Waals surface area contributed by atoms with Crippen molar-refractivity contribution >= 4 is 33.2 Å². The van der Waals surface area contributed by atoms with Gasteiger partial charge in [0.2, 0.25) is 5.91 Å². The van der Waals surface area contributed by atoms with E-state index in [4.69, 9.17) is 0 Å². The van der Waals surface area contributed by atoms with Crippen molar-refractivity contribution in [2.75, 3.05) is 16.6 Å². The van der Waals surface area contributed by atoms with Crippen molar-refractivity contribution < 1.29 is 18.0 Å². The van der Waals surface area contributed by atoms with Gasteiger partial charge < -0.3 is 10.6 Å². The van der Waals surface area contributed by atoms with E-state index in [1.807, 2.05) is 51.1 Å². The van der Waals surface area contributed by atoms with E-state index < -0.39 is 15.9 Å². The number of sulfonamides is 1. The second-order valence-electron chi connectivity index (χ2n) is 7.67. The number of para-hydroxylation sites is 1. The number of hydrogen-bond acceptors (Lipinski definition) is 4. The van der Waals surface area contributed by atoms with Crippen molar-refractivity contribution in [1.29, 1.82) is 0 Å². The van der Waals surface area contributed by atoms with E-state index in [2.05, 4.69) is 15.4 Å². The summed E-state index contributed by atoms with van der Waals surface area (Å²) in [5, 5.41) is 5.34. The van der Waals surface area contributed by atoms with Gasteiger partial charge in [-0.2, -0.15) is 0 Å². The molecule has 0 aromatic heterocycles. The molecule has 0 aliphatic carbocycles. The Labute approximate surface area is 194 Å². The first kappa shape index (κ1) is 24.0. The maximum Gasteiger partial charge on any atom is 0.261 e. The van der Waals surface area contributed by atoms with Crippen molar-refractivity contribution in [3.05, 3.63) is 89.0 Å². The van der Waals surface area contributed by atoms with Crippen LogP contribution in [0.2, 0.25) is 0 Å². The molecule has 0 spiro atoms. The highest BCUT2D eigenvalue weighted by Gasteiger charge is 2.16. The molecule has 172 valence electrons. The van der Waals surface area contributed by atoms with Crippen molar-refractivity contribution in [1.82, 2.24) is 5.32 Å². The summed E-state index contributed by atoms with van der Waals surface area (Å²) in [6, 6.07) is 18.3. The molecular formula is C25H27N3O4S. The predicted octanol–water partition coefficient (Wildman–Crippen LogP) is 4.04. The van der Waals surface area contributed by atoms with Crippen LogP contribution >= 0.6 is 0 Å². The van der Waals surface area contributed by atoms with E-state index in [1.54, 1.807) is 12.1 Å². The quantitative estimate of drug-likeness (QED) is 0.467. The Morgan fingerprint density at radius 1 is 0.879 bits per heavy atom. The van der Waals surface area contributed by atoms with Gasteiger partial charge in [-0.15, -0.1) is 0 Å². The van der Waals surface area contributed by atoms with Crippen molar-refractivity contribution in [3.63, 3.8) is 0 Å². The van der Waals surface area contributed by atoms with Gasteiger partial charge in [-0.05, 0) is 79.4 Å². The highest BCUT2D eigenvalue weighted by atomic mass is 32.2. The summed E-state index contributed by atoms with van der Waals surface area (Å²) in [7, 11) is -3.80. The lowest BCUT2D eigenvalue weighted by molar-refractivity contribution is -0.115. The third kappa shape index (κ3) is 6.20. The molecule has 3 N–H and O–H groups in total. The molecule has 0 saturated heterocycles. The molecule has 0 aliphatic rings. The molecule has 33 heavy (non-hydrogen) atoms.